The van der Waals surface area contributed by atoms with Gasteiger partial charge in [-0.15, -0.1) is 10.2 Å². The van der Waals surface area contributed by atoms with E-state index in [-0.39, 0.29) is 0 Å². The van der Waals surface area contributed by atoms with Crippen molar-refractivity contribution >= 4 is 5.65 Å². The Balaban J connectivity index is 2.15. The van der Waals surface area contributed by atoms with Crippen molar-refractivity contribution in [2.24, 2.45) is 0 Å². The monoisotopic (exact) mass is 219 g/mol. The van der Waals surface area contributed by atoms with E-state index in [9.17, 15) is 0 Å². The second-order valence-corrected chi connectivity index (χ2v) is 4.22. The molecule has 5 nitrogen and oxygen atoms in total. The highest BCUT2D eigenvalue weighted by Crippen LogP contribution is 2.02. The summed E-state index contributed by atoms with van der Waals surface area (Å²) >= 11 is 0. The van der Waals surface area contributed by atoms with Gasteiger partial charge in [-0.3, -0.25) is 0 Å². The summed E-state index contributed by atoms with van der Waals surface area (Å²) in [6.07, 6.45) is 0.843. The molecule has 86 valence electrons. The Bertz CT molecular complexity index is 474. The number of aryl methyl sites for hydroxylation is 1. The maximum Gasteiger partial charge on any atom is 0.177 e. The first-order chi connectivity index (χ1) is 7.66. The van der Waals surface area contributed by atoms with Gasteiger partial charge in [0.2, 0.25) is 0 Å². The van der Waals surface area contributed by atoms with E-state index in [2.05, 4.69) is 34.5 Å². The molecule has 0 aliphatic carbocycles. The van der Waals surface area contributed by atoms with Gasteiger partial charge >= 0.3 is 0 Å². The third kappa shape index (κ3) is 2.36. The largest absolute Gasteiger partial charge is 0.314 e. The molecule has 0 fully saturated rings. The zero-order valence-corrected chi connectivity index (χ0v) is 9.94. The lowest BCUT2D eigenvalue weighted by Gasteiger charge is -2.06. The van der Waals surface area contributed by atoms with Crippen LogP contribution in [0.25, 0.3) is 5.65 Å². The Kier molecular flexibility index (Phi) is 3.14. The summed E-state index contributed by atoms with van der Waals surface area (Å²) in [6.45, 7) is 7.12. The van der Waals surface area contributed by atoms with E-state index in [1.807, 2.05) is 23.6 Å². The van der Waals surface area contributed by atoms with Gasteiger partial charge in [0.05, 0.1) is 5.69 Å². The number of aromatic nitrogens is 4. The smallest absolute Gasteiger partial charge is 0.177 e. The molecule has 0 aliphatic heterocycles. The lowest BCUT2D eigenvalue weighted by atomic mass is 10.3. The highest BCUT2D eigenvalue weighted by molar-refractivity contribution is 5.35. The van der Waals surface area contributed by atoms with Crippen LogP contribution in [0, 0.1) is 6.92 Å². The topological polar surface area (TPSA) is 55.1 Å². The van der Waals surface area contributed by atoms with E-state index in [0.717, 1.165) is 30.1 Å². The molecule has 2 aromatic rings. The maximum absolute atomic E-state index is 4.40. The van der Waals surface area contributed by atoms with Crippen molar-refractivity contribution in [1.29, 1.82) is 0 Å². The van der Waals surface area contributed by atoms with E-state index in [1.165, 1.54) is 0 Å². The molecule has 0 saturated heterocycles. The van der Waals surface area contributed by atoms with Gasteiger partial charge < -0.3 is 5.32 Å². The minimum Gasteiger partial charge on any atom is -0.314 e. The van der Waals surface area contributed by atoms with Gasteiger partial charge in [-0.25, -0.2) is 0 Å². The Morgan fingerprint density at radius 1 is 1.31 bits per heavy atom. The first-order valence-corrected chi connectivity index (χ1v) is 5.58. The summed E-state index contributed by atoms with van der Waals surface area (Å²) in [7, 11) is 0. The number of fused-ring (bicyclic) bond motifs is 1. The third-order valence-corrected chi connectivity index (χ3v) is 2.36. The average molecular weight is 219 g/mol. The Morgan fingerprint density at radius 2 is 2.12 bits per heavy atom. The SMILES string of the molecule is Cc1ccc2nnc(CCNC(C)C)n2n1. The predicted octanol–water partition coefficient (Wildman–Crippen LogP) is 0.973. The fraction of sp³-hybridized carbons (Fsp3) is 0.545. The molecule has 0 spiro atoms. The number of nitrogens with one attached hydrogen (secondary N) is 1. The molecule has 0 aromatic carbocycles. The van der Waals surface area contributed by atoms with Crippen LogP contribution in [-0.4, -0.2) is 32.4 Å². The minimum absolute atomic E-state index is 0.494. The van der Waals surface area contributed by atoms with Gasteiger partial charge in [-0.1, -0.05) is 13.8 Å². The van der Waals surface area contributed by atoms with Crippen LogP contribution in [0.4, 0.5) is 0 Å². The molecule has 0 aliphatic rings. The van der Waals surface area contributed by atoms with Crippen LogP contribution in [0.1, 0.15) is 25.4 Å². The Hall–Kier alpha value is -1.49. The molecule has 0 amide bonds. The maximum atomic E-state index is 4.40. The summed E-state index contributed by atoms with van der Waals surface area (Å²) in [4.78, 5) is 0. The molecule has 5 heteroatoms. The normalized spacial score (nSPS) is 11.5. The van der Waals surface area contributed by atoms with E-state index in [4.69, 9.17) is 0 Å². The number of rotatable bonds is 4. The number of nitrogens with zero attached hydrogens (tertiary/aromatic N) is 4. The molecule has 0 unspecified atom stereocenters. The second kappa shape index (κ2) is 4.57. The summed E-state index contributed by atoms with van der Waals surface area (Å²) < 4.78 is 1.82. The summed E-state index contributed by atoms with van der Waals surface area (Å²) in [6, 6.07) is 4.38. The second-order valence-electron chi connectivity index (χ2n) is 4.22. The van der Waals surface area contributed by atoms with Gasteiger partial charge in [-0.2, -0.15) is 9.61 Å². The summed E-state index contributed by atoms with van der Waals surface area (Å²) in [5.74, 6) is 0.909. The highest BCUT2D eigenvalue weighted by atomic mass is 15.4. The van der Waals surface area contributed by atoms with Crippen molar-refractivity contribution in [3.63, 3.8) is 0 Å². The highest BCUT2D eigenvalue weighted by Gasteiger charge is 2.06. The van der Waals surface area contributed by atoms with Gasteiger partial charge in [0.15, 0.2) is 11.5 Å². The first kappa shape index (κ1) is 11.0. The lowest BCUT2D eigenvalue weighted by Crippen LogP contribution is -2.25. The fourth-order valence-electron chi connectivity index (χ4n) is 1.55. The van der Waals surface area contributed by atoms with Gasteiger partial charge in [0.1, 0.15) is 0 Å². The van der Waals surface area contributed by atoms with Gasteiger partial charge in [0.25, 0.3) is 0 Å². The zero-order valence-electron chi connectivity index (χ0n) is 9.94. The van der Waals surface area contributed by atoms with Crippen molar-refractivity contribution in [3.8, 4) is 0 Å². The molecule has 1 N–H and O–H groups in total. The molecule has 0 bridgehead atoms. The van der Waals surface area contributed by atoms with Crippen LogP contribution < -0.4 is 5.32 Å². The van der Waals surface area contributed by atoms with Crippen molar-refractivity contribution in [3.05, 3.63) is 23.7 Å². The van der Waals surface area contributed by atoms with Crippen molar-refractivity contribution < 1.29 is 0 Å². The van der Waals surface area contributed by atoms with Crippen LogP contribution in [-0.2, 0) is 6.42 Å². The molecule has 0 saturated carbocycles. The Morgan fingerprint density at radius 3 is 2.88 bits per heavy atom. The molecule has 16 heavy (non-hydrogen) atoms. The number of hydrogen-bond acceptors (Lipinski definition) is 4. The fourth-order valence-corrected chi connectivity index (χ4v) is 1.55. The third-order valence-electron chi connectivity index (χ3n) is 2.36. The van der Waals surface area contributed by atoms with Gasteiger partial charge in [0, 0.05) is 19.0 Å². The molecule has 2 heterocycles. The molecular formula is C11H17N5. The van der Waals surface area contributed by atoms with Crippen molar-refractivity contribution in [1.82, 2.24) is 25.1 Å². The van der Waals surface area contributed by atoms with E-state index >= 15 is 0 Å². The standard InChI is InChI=1S/C11H17N5/c1-8(2)12-7-6-11-14-13-10-5-4-9(3)15-16(10)11/h4-5,8,12H,6-7H2,1-3H3. The minimum atomic E-state index is 0.494. The van der Waals surface area contributed by atoms with Crippen LogP contribution in [0.2, 0.25) is 0 Å². The lowest BCUT2D eigenvalue weighted by molar-refractivity contribution is 0.578. The number of hydrogen-bond donors (Lipinski definition) is 1. The van der Waals surface area contributed by atoms with Crippen molar-refractivity contribution in [2.45, 2.75) is 33.2 Å². The van der Waals surface area contributed by atoms with Crippen LogP contribution >= 0.6 is 0 Å². The molecule has 2 rings (SSSR count). The van der Waals surface area contributed by atoms with Crippen molar-refractivity contribution in [2.75, 3.05) is 6.54 Å². The summed E-state index contributed by atoms with van der Waals surface area (Å²) in [5, 5.41) is 16.0. The van der Waals surface area contributed by atoms with E-state index in [0.29, 0.717) is 6.04 Å². The molecular weight excluding hydrogens is 202 g/mol. The average Bonchev–Trinajstić information content (AvgIpc) is 2.60. The van der Waals surface area contributed by atoms with Gasteiger partial charge in [-0.05, 0) is 19.1 Å². The molecule has 2 aromatic heterocycles. The van der Waals surface area contributed by atoms with Crippen LogP contribution in [0.15, 0.2) is 12.1 Å². The quantitative estimate of drug-likeness (QED) is 0.832. The molecule has 0 atom stereocenters. The molecule has 0 radical (unpaired) electrons. The first-order valence-electron chi connectivity index (χ1n) is 5.58. The summed E-state index contributed by atoms with van der Waals surface area (Å²) in [5.41, 5.74) is 1.79. The van der Waals surface area contributed by atoms with E-state index in [1.54, 1.807) is 0 Å². The van der Waals surface area contributed by atoms with Crippen LogP contribution in [0.5, 0.6) is 0 Å². The predicted molar refractivity (Wildman–Crippen MR) is 62.4 cm³/mol. The van der Waals surface area contributed by atoms with E-state index < -0.39 is 0 Å². The zero-order chi connectivity index (χ0) is 11.5. The Labute approximate surface area is 94.9 Å². The van der Waals surface area contributed by atoms with Crippen LogP contribution in [0.3, 0.4) is 0 Å².